The van der Waals surface area contributed by atoms with Gasteiger partial charge >= 0.3 is 5.97 Å². The van der Waals surface area contributed by atoms with Crippen molar-refractivity contribution in [2.45, 2.75) is 13.8 Å². The van der Waals surface area contributed by atoms with Gasteiger partial charge in [-0.25, -0.2) is 9.18 Å². The largest absolute Gasteiger partial charge is 0.423 e. The van der Waals surface area contributed by atoms with Crippen molar-refractivity contribution in [3.8, 4) is 16.9 Å². The number of halogens is 1. The topological polar surface area (TPSA) is 26.3 Å². The lowest BCUT2D eigenvalue weighted by molar-refractivity contribution is -0.128. The molecule has 0 saturated carbocycles. The van der Waals surface area contributed by atoms with Crippen LogP contribution in [0.1, 0.15) is 16.7 Å². The summed E-state index contributed by atoms with van der Waals surface area (Å²) in [6.07, 6.45) is 3.05. The van der Waals surface area contributed by atoms with Crippen molar-refractivity contribution in [2.24, 2.45) is 0 Å². The van der Waals surface area contributed by atoms with Gasteiger partial charge in [0.2, 0.25) is 0 Å². The Kier molecular flexibility index (Phi) is 5.28. The maximum Gasteiger partial charge on any atom is 0.336 e. The molecule has 3 rings (SSSR count). The van der Waals surface area contributed by atoms with E-state index in [-0.39, 0.29) is 5.82 Å². The molecule has 0 aromatic heterocycles. The van der Waals surface area contributed by atoms with Crippen molar-refractivity contribution in [2.75, 3.05) is 0 Å². The average Bonchev–Trinajstić information content (AvgIpc) is 2.63. The van der Waals surface area contributed by atoms with Gasteiger partial charge in [-0.1, -0.05) is 54.1 Å². The van der Waals surface area contributed by atoms with Crippen LogP contribution in [0.5, 0.6) is 5.75 Å². The van der Waals surface area contributed by atoms with Gasteiger partial charge < -0.3 is 4.74 Å². The summed E-state index contributed by atoms with van der Waals surface area (Å²) in [6.45, 7) is 3.83. The molecule has 0 radical (unpaired) electrons. The van der Waals surface area contributed by atoms with E-state index in [9.17, 15) is 9.18 Å². The van der Waals surface area contributed by atoms with Crippen LogP contribution in [0.25, 0.3) is 17.2 Å². The molecule has 0 aliphatic rings. The Morgan fingerprint density at radius 1 is 0.885 bits per heavy atom. The van der Waals surface area contributed by atoms with Crippen molar-refractivity contribution in [1.29, 1.82) is 0 Å². The number of hydrogen-bond acceptors (Lipinski definition) is 2. The van der Waals surface area contributed by atoms with Gasteiger partial charge in [-0.15, -0.1) is 0 Å². The van der Waals surface area contributed by atoms with Crippen molar-refractivity contribution >= 4 is 12.0 Å². The van der Waals surface area contributed by atoms with E-state index in [0.29, 0.717) is 11.3 Å². The van der Waals surface area contributed by atoms with Crippen LogP contribution < -0.4 is 4.74 Å². The van der Waals surface area contributed by atoms with Crippen LogP contribution >= 0.6 is 0 Å². The zero-order valence-corrected chi connectivity index (χ0v) is 14.7. The van der Waals surface area contributed by atoms with Crippen molar-refractivity contribution < 1.29 is 13.9 Å². The van der Waals surface area contributed by atoms with Crippen molar-refractivity contribution in [1.82, 2.24) is 0 Å². The normalized spacial score (nSPS) is 10.9. The van der Waals surface area contributed by atoms with Gasteiger partial charge in [0.1, 0.15) is 11.6 Å². The Labute approximate surface area is 152 Å². The highest BCUT2D eigenvalue weighted by Crippen LogP contribution is 2.24. The van der Waals surface area contributed by atoms with Gasteiger partial charge in [-0.05, 0) is 54.8 Å². The Bertz CT molecular complexity index is 939. The molecule has 26 heavy (non-hydrogen) atoms. The summed E-state index contributed by atoms with van der Waals surface area (Å²) in [4.78, 5) is 11.9. The minimum Gasteiger partial charge on any atom is -0.423 e. The van der Waals surface area contributed by atoms with Gasteiger partial charge in [0.05, 0.1) is 0 Å². The van der Waals surface area contributed by atoms with Crippen LogP contribution in [-0.2, 0) is 4.79 Å². The highest BCUT2D eigenvalue weighted by molar-refractivity contribution is 5.88. The number of esters is 1. The van der Waals surface area contributed by atoms with Crippen LogP contribution in [0.2, 0.25) is 0 Å². The third kappa shape index (κ3) is 4.45. The summed E-state index contributed by atoms with van der Waals surface area (Å²) in [7, 11) is 0. The first kappa shape index (κ1) is 17.6. The van der Waals surface area contributed by atoms with Crippen LogP contribution in [0.15, 0.2) is 72.8 Å². The first-order valence-corrected chi connectivity index (χ1v) is 8.34. The maximum atomic E-state index is 14.0. The third-order valence-electron chi connectivity index (χ3n) is 4.00. The Morgan fingerprint density at radius 2 is 1.54 bits per heavy atom. The number of carbonyl (C=O) groups excluding carboxylic acids is 1. The van der Waals surface area contributed by atoms with E-state index >= 15 is 0 Å². The molecule has 0 heterocycles. The summed E-state index contributed by atoms with van der Waals surface area (Å²) in [5.74, 6) is -0.173. The molecule has 0 atom stereocenters. The van der Waals surface area contributed by atoms with Crippen molar-refractivity contribution in [3.63, 3.8) is 0 Å². The van der Waals surface area contributed by atoms with Gasteiger partial charge in [-0.2, -0.15) is 0 Å². The van der Waals surface area contributed by atoms with Gasteiger partial charge in [0.15, 0.2) is 0 Å². The van der Waals surface area contributed by atoms with Gasteiger partial charge in [0.25, 0.3) is 0 Å². The van der Waals surface area contributed by atoms with Crippen LogP contribution in [-0.4, -0.2) is 5.97 Å². The Morgan fingerprint density at radius 3 is 2.19 bits per heavy atom. The molecule has 3 heteroatoms. The molecule has 3 aromatic carbocycles. The Balaban J connectivity index is 1.67. The van der Waals surface area contributed by atoms with E-state index in [2.05, 4.69) is 0 Å². The van der Waals surface area contributed by atoms with Crippen LogP contribution in [0.4, 0.5) is 4.39 Å². The van der Waals surface area contributed by atoms with Crippen LogP contribution in [0, 0.1) is 19.7 Å². The standard InChI is InChI=1S/C23H19FO2/c1-16-3-11-20(12-4-16)26-23(25)14-8-18-6-9-19(10-7-18)21-13-5-17(2)15-22(21)24/h3-15H,1-2H3/b14-8+. The molecule has 0 bridgehead atoms. The number of hydrogen-bond donors (Lipinski definition) is 0. The molecule has 0 saturated heterocycles. The zero-order valence-electron chi connectivity index (χ0n) is 14.7. The van der Waals surface area contributed by atoms with Gasteiger partial charge in [0, 0.05) is 11.6 Å². The number of rotatable bonds is 4. The number of ether oxygens (including phenoxy) is 1. The fraction of sp³-hybridized carbons (Fsp3) is 0.0870. The lowest BCUT2D eigenvalue weighted by Crippen LogP contribution is -2.03. The minimum atomic E-state index is -0.442. The molecule has 0 aliphatic heterocycles. The predicted octanol–water partition coefficient (Wildman–Crippen LogP) is 5.73. The average molecular weight is 346 g/mol. The van der Waals surface area contributed by atoms with E-state index in [1.165, 1.54) is 12.1 Å². The SMILES string of the molecule is Cc1ccc(OC(=O)/C=C/c2ccc(-c3ccc(C)cc3F)cc2)cc1. The fourth-order valence-electron chi connectivity index (χ4n) is 2.55. The highest BCUT2D eigenvalue weighted by Gasteiger charge is 2.05. The molecule has 0 aliphatic carbocycles. The molecule has 0 N–H and O–H groups in total. The molecule has 2 nitrogen and oxygen atoms in total. The maximum absolute atomic E-state index is 14.0. The quantitative estimate of drug-likeness (QED) is 0.343. The van der Waals surface area contributed by atoms with Gasteiger partial charge in [-0.3, -0.25) is 0 Å². The smallest absolute Gasteiger partial charge is 0.336 e. The lowest BCUT2D eigenvalue weighted by atomic mass is 10.0. The first-order chi connectivity index (χ1) is 12.5. The van der Waals surface area contributed by atoms with E-state index in [1.807, 2.05) is 56.3 Å². The minimum absolute atomic E-state index is 0.241. The second-order valence-corrected chi connectivity index (χ2v) is 6.17. The van der Waals surface area contributed by atoms with E-state index < -0.39 is 5.97 Å². The molecule has 0 spiro atoms. The summed E-state index contributed by atoms with van der Waals surface area (Å²) < 4.78 is 19.3. The second-order valence-electron chi connectivity index (χ2n) is 6.17. The summed E-state index contributed by atoms with van der Waals surface area (Å²) in [5, 5.41) is 0. The number of benzene rings is 3. The van der Waals surface area contributed by atoms with E-state index in [4.69, 9.17) is 4.74 Å². The third-order valence-corrected chi connectivity index (χ3v) is 4.00. The molecule has 0 amide bonds. The molecular weight excluding hydrogens is 327 g/mol. The van der Waals surface area contributed by atoms with E-state index in [0.717, 1.165) is 22.3 Å². The highest BCUT2D eigenvalue weighted by atomic mass is 19.1. The fourth-order valence-corrected chi connectivity index (χ4v) is 2.55. The Hall–Kier alpha value is -3.20. The first-order valence-electron chi connectivity index (χ1n) is 8.34. The number of aryl methyl sites for hydroxylation is 2. The molecule has 0 unspecified atom stereocenters. The molecule has 130 valence electrons. The molecule has 0 fully saturated rings. The number of carbonyl (C=O) groups is 1. The molecular formula is C23H19FO2. The predicted molar refractivity (Wildman–Crippen MR) is 102 cm³/mol. The summed E-state index contributed by atoms with van der Waals surface area (Å²) >= 11 is 0. The van der Waals surface area contributed by atoms with Crippen LogP contribution in [0.3, 0.4) is 0 Å². The summed E-state index contributed by atoms with van der Waals surface area (Å²) in [6, 6.07) is 19.8. The monoisotopic (exact) mass is 346 g/mol. The molecule has 3 aromatic rings. The summed E-state index contributed by atoms with van der Waals surface area (Å²) in [5.41, 5.74) is 4.18. The van der Waals surface area contributed by atoms with Crippen molar-refractivity contribution in [3.05, 3.63) is 95.3 Å². The zero-order chi connectivity index (χ0) is 18.5. The second kappa shape index (κ2) is 7.79. The lowest BCUT2D eigenvalue weighted by Gasteiger charge is -2.05. The van der Waals surface area contributed by atoms with E-state index in [1.54, 1.807) is 24.3 Å².